The Bertz CT molecular complexity index is 914. The van der Waals surface area contributed by atoms with Crippen LogP contribution in [0.4, 0.5) is 5.88 Å². The molecule has 1 N–H and O–H groups in total. The number of carboxylic acids is 1. The molecule has 0 aliphatic heterocycles. The van der Waals surface area contributed by atoms with Gasteiger partial charge in [-0.15, -0.1) is 0 Å². The van der Waals surface area contributed by atoms with E-state index in [1.807, 2.05) is 0 Å². The topological polar surface area (TPSA) is 93.6 Å². The molecule has 2 aromatic carbocycles. The molecular formula is C16H10ClNO5. The summed E-state index contributed by atoms with van der Waals surface area (Å²) in [6.07, 6.45) is -0.172. The van der Waals surface area contributed by atoms with Crippen LogP contribution in [0.2, 0.25) is 5.02 Å². The second-order valence-electron chi connectivity index (χ2n) is 4.95. The Morgan fingerprint density at radius 2 is 1.91 bits per heavy atom. The number of rotatable bonds is 4. The summed E-state index contributed by atoms with van der Waals surface area (Å²) in [5.41, 5.74) is 1.76. The average molecular weight is 332 g/mol. The molecule has 3 aromatic rings. The number of furan rings is 1. The second-order valence-corrected chi connectivity index (χ2v) is 5.38. The first-order valence-electron chi connectivity index (χ1n) is 6.63. The molecule has 1 aromatic heterocycles. The highest BCUT2D eigenvalue weighted by atomic mass is 35.5. The molecule has 6 nitrogen and oxygen atoms in total. The van der Waals surface area contributed by atoms with Crippen molar-refractivity contribution >= 4 is 34.4 Å². The summed E-state index contributed by atoms with van der Waals surface area (Å²) < 4.78 is 5.33. The zero-order chi connectivity index (χ0) is 16.6. The summed E-state index contributed by atoms with van der Waals surface area (Å²) in [5, 5.41) is 21.2. The zero-order valence-electron chi connectivity index (χ0n) is 11.7. The Kier molecular flexibility index (Phi) is 3.75. The molecule has 0 fully saturated rings. The standard InChI is InChI=1S/C16H10ClNO5/c17-11-4-2-10(3-5-11)15-12-7-9(8-14(19)20)1-6-13(12)23-16(15)18(21)22/h1-7H,8H2,(H,19,20). The van der Waals surface area contributed by atoms with Gasteiger partial charge in [0.05, 0.1) is 6.42 Å². The molecule has 0 amide bonds. The summed E-state index contributed by atoms with van der Waals surface area (Å²) >= 11 is 5.85. The van der Waals surface area contributed by atoms with Gasteiger partial charge < -0.3 is 9.52 Å². The minimum absolute atomic E-state index is 0.172. The number of nitro groups is 1. The van der Waals surface area contributed by atoms with Crippen LogP contribution in [-0.4, -0.2) is 16.0 Å². The summed E-state index contributed by atoms with van der Waals surface area (Å²) in [4.78, 5) is 21.6. The minimum Gasteiger partial charge on any atom is -0.481 e. The van der Waals surface area contributed by atoms with E-state index in [2.05, 4.69) is 0 Å². The maximum Gasteiger partial charge on any atom is 0.442 e. The molecule has 0 saturated heterocycles. The smallest absolute Gasteiger partial charge is 0.442 e. The molecule has 0 unspecified atom stereocenters. The van der Waals surface area contributed by atoms with E-state index in [1.165, 1.54) is 0 Å². The van der Waals surface area contributed by atoms with Gasteiger partial charge in [-0.3, -0.25) is 14.9 Å². The van der Waals surface area contributed by atoms with Crippen LogP contribution in [0.15, 0.2) is 46.9 Å². The first kappa shape index (κ1) is 15.1. The number of benzene rings is 2. The van der Waals surface area contributed by atoms with E-state index in [0.29, 0.717) is 32.7 Å². The van der Waals surface area contributed by atoms with E-state index in [1.54, 1.807) is 42.5 Å². The molecule has 1 heterocycles. The van der Waals surface area contributed by atoms with Crippen LogP contribution in [0, 0.1) is 10.1 Å². The summed E-state index contributed by atoms with van der Waals surface area (Å²) in [6, 6.07) is 11.3. The highest BCUT2D eigenvalue weighted by Crippen LogP contribution is 2.40. The Labute approximate surface area is 135 Å². The van der Waals surface area contributed by atoms with E-state index in [-0.39, 0.29) is 12.3 Å². The van der Waals surface area contributed by atoms with Crippen molar-refractivity contribution < 1.29 is 19.2 Å². The molecule has 0 bridgehead atoms. The second kappa shape index (κ2) is 5.73. The van der Waals surface area contributed by atoms with Gasteiger partial charge in [0, 0.05) is 10.4 Å². The van der Waals surface area contributed by atoms with E-state index in [0.717, 1.165) is 0 Å². The van der Waals surface area contributed by atoms with Crippen LogP contribution >= 0.6 is 11.6 Å². The number of hydrogen-bond acceptors (Lipinski definition) is 4. The molecule has 0 radical (unpaired) electrons. The van der Waals surface area contributed by atoms with Crippen molar-refractivity contribution in [2.45, 2.75) is 6.42 Å². The van der Waals surface area contributed by atoms with Crippen LogP contribution in [-0.2, 0) is 11.2 Å². The third kappa shape index (κ3) is 2.89. The van der Waals surface area contributed by atoms with Gasteiger partial charge >= 0.3 is 11.9 Å². The first-order valence-corrected chi connectivity index (χ1v) is 7.01. The molecule has 0 aliphatic carbocycles. The Morgan fingerprint density at radius 1 is 1.22 bits per heavy atom. The van der Waals surface area contributed by atoms with Crippen molar-refractivity contribution in [3.8, 4) is 11.1 Å². The molecule has 0 atom stereocenters. The number of hydrogen-bond donors (Lipinski definition) is 1. The predicted octanol–water partition coefficient (Wildman–Crippen LogP) is 4.29. The monoisotopic (exact) mass is 331 g/mol. The fourth-order valence-electron chi connectivity index (χ4n) is 2.44. The van der Waals surface area contributed by atoms with Crippen molar-refractivity contribution in [2.75, 3.05) is 0 Å². The molecular weight excluding hydrogens is 322 g/mol. The molecule has 23 heavy (non-hydrogen) atoms. The quantitative estimate of drug-likeness (QED) is 0.568. The molecule has 0 aliphatic rings. The number of aliphatic carboxylic acids is 1. The number of nitrogens with zero attached hydrogens (tertiary/aromatic N) is 1. The van der Waals surface area contributed by atoms with Gasteiger partial charge in [0.1, 0.15) is 16.1 Å². The lowest BCUT2D eigenvalue weighted by molar-refractivity contribution is -0.400. The largest absolute Gasteiger partial charge is 0.481 e. The first-order chi connectivity index (χ1) is 11.0. The third-order valence-electron chi connectivity index (χ3n) is 3.39. The van der Waals surface area contributed by atoms with E-state index in [4.69, 9.17) is 21.1 Å². The van der Waals surface area contributed by atoms with Crippen LogP contribution in [0.5, 0.6) is 0 Å². The third-order valence-corrected chi connectivity index (χ3v) is 3.64. The van der Waals surface area contributed by atoms with E-state index >= 15 is 0 Å². The van der Waals surface area contributed by atoms with Gasteiger partial charge in [-0.2, -0.15) is 0 Å². The lowest BCUT2D eigenvalue weighted by atomic mass is 10.0. The fourth-order valence-corrected chi connectivity index (χ4v) is 2.57. The average Bonchev–Trinajstić information content (AvgIpc) is 2.86. The number of carbonyl (C=O) groups is 1. The fraction of sp³-hybridized carbons (Fsp3) is 0.0625. The Hall–Kier alpha value is -2.86. The Morgan fingerprint density at radius 3 is 2.52 bits per heavy atom. The van der Waals surface area contributed by atoms with Gasteiger partial charge in [-0.1, -0.05) is 29.8 Å². The van der Waals surface area contributed by atoms with Crippen molar-refractivity contribution in [2.24, 2.45) is 0 Å². The molecule has 7 heteroatoms. The number of fused-ring (bicyclic) bond motifs is 1. The van der Waals surface area contributed by atoms with Crippen molar-refractivity contribution in [3.05, 3.63) is 63.2 Å². The number of halogens is 1. The van der Waals surface area contributed by atoms with Crippen LogP contribution in [0.25, 0.3) is 22.1 Å². The predicted molar refractivity (Wildman–Crippen MR) is 84.7 cm³/mol. The van der Waals surface area contributed by atoms with Crippen molar-refractivity contribution in [3.63, 3.8) is 0 Å². The van der Waals surface area contributed by atoms with Crippen molar-refractivity contribution in [1.29, 1.82) is 0 Å². The maximum absolute atomic E-state index is 11.3. The maximum atomic E-state index is 11.3. The lowest BCUT2D eigenvalue weighted by Crippen LogP contribution is -1.99. The molecule has 3 rings (SSSR count). The minimum atomic E-state index is -0.976. The van der Waals surface area contributed by atoms with Gasteiger partial charge in [0.2, 0.25) is 0 Å². The Balaban J connectivity index is 2.26. The van der Waals surface area contributed by atoms with Crippen LogP contribution < -0.4 is 0 Å². The summed E-state index contributed by atoms with van der Waals surface area (Å²) in [6.45, 7) is 0. The van der Waals surface area contributed by atoms with Crippen LogP contribution in [0.3, 0.4) is 0 Å². The van der Waals surface area contributed by atoms with E-state index < -0.39 is 10.9 Å². The lowest BCUT2D eigenvalue weighted by Gasteiger charge is -2.00. The number of carboxylic acid groups (broad SMARTS) is 1. The zero-order valence-corrected chi connectivity index (χ0v) is 12.4. The van der Waals surface area contributed by atoms with Crippen molar-refractivity contribution in [1.82, 2.24) is 0 Å². The summed E-state index contributed by atoms with van der Waals surface area (Å²) in [7, 11) is 0. The highest BCUT2D eigenvalue weighted by Gasteiger charge is 2.25. The normalized spacial score (nSPS) is 10.8. The van der Waals surface area contributed by atoms with E-state index in [9.17, 15) is 14.9 Å². The SMILES string of the molecule is O=C(O)Cc1ccc2oc([N+](=O)[O-])c(-c3ccc(Cl)cc3)c2c1. The van der Waals surface area contributed by atoms with Gasteiger partial charge in [0.15, 0.2) is 0 Å². The molecule has 0 spiro atoms. The van der Waals surface area contributed by atoms with Crippen LogP contribution in [0.1, 0.15) is 5.56 Å². The summed E-state index contributed by atoms with van der Waals surface area (Å²) in [5.74, 6) is -1.36. The van der Waals surface area contributed by atoms with Gasteiger partial charge in [-0.05, 0) is 35.4 Å². The molecule has 0 saturated carbocycles. The van der Waals surface area contributed by atoms with Gasteiger partial charge in [0.25, 0.3) is 0 Å². The molecule has 116 valence electrons. The van der Waals surface area contributed by atoms with Gasteiger partial charge in [-0.25, -0.2) is 0 Å². The highest BCUT2D eigenvalue weighted by molar-refractivity contribution is 6.30.